The summed E-state index contributed by atoms with van der Waals surface area (Å²) in [5.74, 6) is -2.21. The summed E-state index contributed by atoms with van der Waals surface area (Å²) in [5.41, 5.74) is 1.25. The summed E-state index contributed by atoms with van der Waals surface area (Å²) in [5, 5.41) is 12.5. The number of benzene rings is 1. The number of aryl methyl sites for hydroxylation is 1. The molecule has 1 aromatic carbocycles. The maximum absolute atomic E-state index is 13.7. The molecule has 164 valence electrons. The van der Waals surface area contributed by atoms with Crippen LogP contribution in [0.1, 0.15) is 33.8 Å². The number of hydrogen-bond acceptors (Lipinski definition) is 6. The van der Waals surface area contributed by atoms with Crippen molar-refractivity contribution in [3.8, 4) is 11.4 Å². The Hall–Kier alpha value is -3.66. The number of anilines is 1. The van der Waals surface area contributed by atoms with Crippen LogP contribution in [0.15, 0.2) is 41.5 Å². The van der Waals surface area contributed by atoms with Crippen LogP contribution in [0.5, 0.6) is 0 Å². The first-order valence-electron chi connectivity index (χ1n) is 9.57. The van der Waals surface area contributed by atoms with Crippen molar-refractivity contribution in [2.75, 3.05) is 5.32 Å². The number of carbonyl (C=O) groups is 1. The highest BCUT2D eigenvalue weighted by molar-refractivity contribution is 7.19. The van der Waals surface area contributed by atoms with E-state index in [0.29, 0.717) is 21.3 Å². The van der Waals surface area contributed by atoms with Crippen LogP contribution in [0.25, 0.3) is 21.6 Å². The summed E-state index contributed by atoms with van der Waals surface area (Å²) in [6, 6.07) is 4.27. The molecule has 0 amide bonds. The van der Waals surface area contributed by atoms with Crippen molar-refractivity contribution in [3.05, 3.63) is 74.7 Å². The van der Waals surface area contributed by atoms with Crippen LogP contribution in [-0.4, -0.2) is 25.6 Å². The van der Waals surface area contributed by atoms with Crippen molar-refractivity contribution in [1.82, 2.24) is 14.5 Å². The van der Waals surface area contributed by atoms with E-state index >= 15 is 0 Å². The Bertz CT molecular complexity index is 1430. The van der Waals surface area contributed by atoms with E-state index in [1.165, 1.54) is 40.3 Å². The highest BCUT2D eigenvalue weighted by atomic mass is 32.1. The molecule has 0 saturated heterocycles. The summed E-state index contributed by atoms with van der Waals surface area (Å²) in [7, 11) is 1.56. The van der Waals surface area contributed by atoms with Crippen molar-refractivity contribution in [1.29, 1.82) is 0 Å². The number of nitrogens with one attached hydrogen (secondary N) is 1. The van der Waals surface area contributed by atoms with Gasteiger partial charge in [0.1, 0.15) is 22.2 Å². The van der Waals surface area contributed by atoms with Gasteiger partial charge in [0.15, 0.2) is 0 Å². The third kappa shape index (κ3) is 3.73. The molecule has 0 aliphatic carbocycles. The topological polar surface area (TPSA) is 97.1 Å². The molecular weight excluding hydrogens is 438 g/mol. The number of pyridine rings is 1. The molecule has 0 saturated carbocycles. The molecule has 7 nitrogen and oxygen atoms in total. The Morgan fingerprint density at radius 2 is 1.97 bits per heavy atom. The Morgan fingerprint density at radius 3 is 2.66 bits per heavy atom. The molecule has 0 fully saturated rings. The summed E-state index contributed by atoms with van der Waals surface area (Å²) < 4.78 is 29.0. The number of thiophene rings is 1. The second-order valence-corrected chi connectivity index (χ2v) is 8.53. The van der Waals surface area contributed by atoms with Gasteiger partial charge in [-0.3, -0.25) is 14.3 Å². The maximum atomic E-state index is 13.7. The van der Waals surface area contributed by atoms with Crippen LogP contribution in [-0.2, 0) is 7.05 Å². The van der Waals surface area contributed by atoms with E-state index in [-0.39, 0.29) is 22.6 Å². The van der Waals surface area contributed by atoms with Crippen molar-refractivity contribution in [3.63, 3.8) is 0 Å². The lowest BCUT2D eigenvalue weighted by atomic mass is 10.1. The zero-order valence-electron chi connectivity index (χ0n) is 17.3. The molecule has 2 N–H and O–H groups in total. The first-order valence-corrected chi connectivity index (χ1v) is 10.4. The van der Waals surface area contributed by atoms with Gasteiger partial charge < -0.3 is 10.4 Å². The molecule has 1 unspecified atom stereocenters. The molecule has 0 radical (unpaired) electrons. The number of fused-ring (bicyclic) bond motifs is 1. The molecule has 0 aliphatic rings. The van der Waals surface area contributed by atoms with Crippen molar-refractivity contribution in [2.24, 2.45) is 7.05 Å². The quantitative estimate of drug-likeness (QED) is 0.459. The minimum Gasteiger partial charge on any atom is -0.478 e. The highest BCUT2D eigenvalue weighted by Gasteiger charge is 2.23. The SMILES string of the molecule is Cc1sc2c(=O)n(C)c(-c3cncc(F)c3)nc2c1C(C)Nc1ccc(F)cc1C(=O)O. The molecule has 0 bridgehead atoms. The molecule has 10 heteroatoms. The fourth-order valence-electron chi connectivity index (χ4n) is 3.66. The van der Waals surface area contributed by atoms with E-state index in [1.54, 1.807) is 14.0 Å². The lowest BCUT2D eigenvalue weighted by Crippen LogP contribution is -2.20. The average Bonchev–Trinajstić information content (AvgIpc) is 3.08. The van der Waals surface area contributed by atoms with Gasteiger partial charge in [0, 0.05) is 34.9 Å². The summed E-state index contributed by atoms with van der Waals surface area (Å²) in [6.07, 6.45) is 2.49. The predicted octanol–water partition coefficient (Wildman–Crippen LogP) is 4.51. The number of hydrogen-bond donors (Lipinski definition) is 2. The molecule has 0 aliphatic heterocycles. The first kappa shape index (κ1) is 21.6. The number of carboxylic acid groups (broad SMARTS) is 1. The Balaban J connectivity index is 1.86. The molecule has 3 heterocycles. The van der Waals surface area contributed by atoms with E-state index in [4.69, 9.17) is 0 Å². The average molecular weight is 456 g/mol. The maximum Gasteiger partial charge on any atom is 0.337 e. The van der Waals surface area contributed by atoms with Gasteiger partial charge >= 0.3 is 5.97 Å². The summed E-state index contributed by atoms with van der Waals surface area (Å²) in [6.45, 7) is 3.64. The fourth-order valence-corrected chi connectivity index (χ4v) is 4.82. The van der Waals surface area contributed by atoms with Gasteiger partial charge in [-0.05, 0) is 38.1 Å². The van der Waals surface area contributed by atoms with Gasteiger partial charge in [-0.25, -0.2) is 18.6 Å². The lowest BCUT2D eigenvalue weighted by molar-refractivity contribution is 0.0697. The monoisotopic (exact) mass is 456 g/mol. The van der Waals surface area contributed by atoms with E-state index in [1.807, 2.05) is 6.92 Å². The summed E-state index contributed by atoms with van der Waals surface area (Å²) in [4.78, 5) is 33.9. The van der Waals surface area contributed by atoms with Crippen molar-refractivity contribution >= 4 is 33.2 Å². The van der Waals surface area contributed by atoms with Crippen LogP contribution in [0.4, 0.5) is 14.5 Å². The number of aromatic carboxylic acids is 1. The second-order valence-electron chi connectivity index (χ2n) is 7.30. The van der Waals surface area contributed by atoms with Crippen LogP contribution in [0.2, 0.25) is 0 Å². The van der Waals surface area contributed by atoms with Crippen LogP contribution >= 0.6 is 11.3 Å². The van der Waals surface area contributed by atoms with Crippen LogP contribution in [0, 0.1) is 18.6 Å². The Labute approximate surface area is 185 Å². The first-order chi connectivity index (χ1) is 15.2. The van der Waals surface area contributed by atoms with Crippen LogP contribution < -0.4 is 10.9 Å². The zero-order valence-corrected chi connectivity index (χ0v) is 18.1. The van der Waals surface area contributed by atoms with Gasteiger partial charge in [0.25, 0.3) is 5.56 Å². The minimum atomic E-state index is -1.26. The second kappa shape index (κ2) is 8.12. The van der Waals surface area contributed by atoms with E-state index in [0.717, 1.165) is 17.1 Å². The standard InChI is InChI=1S/C22H18F2N4O3S/c1-10(26-16-5-4-13(23)7-15(16)22(30)31)17-11(2)32-19-18(17)27-20(28(3)21(19)29)12-6-14(24)9-25-8-12/h4-10,26H,1-3H3,(H,30,31). The van der Waals surface area contributed by atoms with Gasteiger partial charge in [0.05, 0.1) is 23.3 Å². The van der Waals surface area contributed by atoms with Crippen molar-refractivity contribution in [2.45, 2.75) is 19.9 Å². The third-order valence-corrected chi connectivity index (χ3v) is 6.22. The van der Waals surface area contributed by atoms with Gasteiger partial charge in [0.2, 0.25) is 0 Å². The predicted molar refractivity (Wildman–Crippen MR) is 118 cm³/mol. The van der Waals surface area contributed by atoms with Crippen LogP contribution in [0.3, 0.4) is 0 Å². The Kier molecular flexibility index (Phi) is 5.47. The number of nitrogens with zero attached hydrogens (tertiary/aromatic N) is 3. The third-order valence-electron chi connectivity index (χ3n) is 5.12. The molecule has 4 rings (SSSR count). The normalized spacial score (nSPS) is 12.2. The molecule has 1 atom stereocenters. The number of rotatable bonds is 5. The molecule has 32 heavy (non-hydrogen) atoms. The lowest BCUT2D eigenvalue weighted by Gasteiger charge is -2.18. The van der Waals surface area contributed by atoms with Crippen molar-refractivity contribution < 1.29 is 18.7 Å². The largest absolute Gasteiger partial charge is 0.478 e. The van der Waals surface area contributed by atoms with E-state index in [2.05, 4.69) is 15.3 Å². The summed E-state index contributed by atoms with van der Waals surface area (Å²) >= 11 is 1.28. The molecule has 0 spiro atoms. The van der Waals surface area contributed by atoms with Gasteiger partial charge in [-0.15, -0.1) is 11.3 Å². The smallest absolute Gasteiger partial charge is 0.337 e. The number of carboxylic acids is 1. The highest BCUT2D eigenvalue weighted by Crippen LogP contribution is 2.35. The molecule has 4 aromatic rings. The molecular formula is C22H18F2N4O3S. The minimum absolute atomic E-state index is 0.204. The van der Waals surface area contributed by atoms with Gasteiger partial charge in [-0.1, -0.05) is 0 Å². The van der Waals surface area contributed by atoms with Gasteiger partial charge in [-0.2, -0.15) is 0 Å². The number of aromatic nitrogens is 3. The zero-order chi connectivity index (χ0) is 23.2. The van der Waals surface area contributed by atoms with E-state index in [9.17, 15) is 23.5 Å². The molecule has 3 aromatic heterocycles. The fraction of sp³-hybridized carbons (Fsp3) is 0.182. The Morgan fingerprint density at radius 1 is 1.22 bits per heavy atom. The number of halogens is 2. The van der Waals surface area contributed by atoms with E-state index < -0.39 is 23.6 Å².